The Morgan fingerprint density at radius 1 is 1.19 bits per heavy atom. The van der Waals surface area contributed by atoms with Gasteiger partial charge in [0.2, 0.25) is 0 Å². The lowest BCUT2D eigenvalue weighted by molar-refractivity contribution is -0.0972. The summed E-state index contributed by atoms with van der Waals surface area (Å²) < 4.78 is 7.19. The van der Waals surface area contributed by atoms with E-state index in [0.29, 0.717) is 16.3 Å². The van der Waals surface area contributed by atoms with E-state index in [1.807, 2.05) is 0 Å². The zero-order valence-corrected chi connectivity index (χ0v) is 20.4. The first kappa shape index (κ1) is 25.5. The van der Waals surface area contributed by atoms with Gasteiger partial charge in [0.1, 0.15) is 29.0 Å². The third kappa shape index (κ3) is 6.46. The second-order valence-corrected chi connectivity index (χ2v) is 9.89. The summed E-state index contributed by atoms with van der Waals surface area (Å²) in [7, 11) is 0. The third-order valence-corrected chi connectivity index (χ3v) is 7.22. The smallest absolute Gasteiger partial charge is 0.271 e. The molecule has 3 aromatic rings. The lowest BCUT2D eigenvalue weighted by Gasteiger charge is -2.28. The Hall–Kier alpha value is -1.15. The van der Waals surface area contributed by atoms with Crippen LogP contribution in [0, 0.1) is 0 Å². The molecule has 0 radical (unpaired) electrons. The van der Waals surface area contributed by atoms with Gasteiger partial charge in [-0.2, -0.15) is 0 Å². The summed E-state index contributed by atoms with van der Waals surface area (Å²) in [6, 6.07) is 3.14. The van der Waals surface area contributed by atoms with Crippen LogP contribution in [0.15, 0.2) is 28.6 Å². The zero-order valence-electron chi connectivity index (χ0n) is 16.5. The van der Waals surface area contributed by atoms with E-state index in [4.69, 9.17) is 39.5 Å². The van der Waals surface area contributed by atoms with Gasteiger partial charge >= 0.3 is 0 Å². The standard InChI is InChI=1S/C18H19Cl3N4O5S2/c1-8(27)15(6-26)30-17(32-9-2-10(19)16(21)11(20)3-9)14(28)5-25-4-12(23-24-25)13-7-31-18(29)22-13/h2-4,7-8,14-15,17,26-28H,5-6H2,1H3,(H,22,29)/t8-,14+,15?,17?/m1/s1. The zero-order chi connectivity index (χ0) is 23.4. The maximum absolute atomic E-state index is 10.9. The summed E-state index contributed by atoms with van der Waals surface area (Å²) in [4.78, 5) is 4.50. The molecule has 1 aromatic carbocycles. The molecular formula is C18H19Cl3N4O5S2. The number of ether oxygens (including phenoxy) is 1. The Kier molecular flexibility index (Phi) is 9.01. The van der Waals surface area contributed by atoms with Crippen LogP contribution in [0.25, 0.3) is 11.4 Å². The second-order valence-electron chi connectivity index (χ2n) is 6.69. The summed E-state index contributed by atoms with van der Waals surface area (Å²) in [6.45, 7) is 0.996. The van der Waals surface area contributed by atoms with Crippen molar-refractivity contribution in [3.63, 3.8) is 0 Å². The van der Waals surface area contributed by atoms with Crippen molar-refractivity contribution in [3.8, 4) is 16.6 Å². The van der Waals surface area contributed by atoms with Gasteiger partial charge in [0.05, 0.1) is 40.5 Å². The Bertz CT molecular complexity index is 1030. The highest BCUT2D eigenvalue weighted by atomic mass is 35.5. The molecule has 174 valence electrons. The van der Waals surface area contributed by atoms with Gasteiger partial charge < -0.3 is 25.2 Å². The van der Waals surface area contributed by atoms with Crippen molar-refractivity contribution in [1.82, 2.24) is 20.0 Å². The average Bonchev–Trinajstić information content (AvgIpc) is 3.37. The van der Waals surface area contributed by atoms with E-state index in [-0.39, 0.29) is 26.8 Å². The van der Waals surface area contributed by atoms with Gasteiger partial charge in [-0.15, -0.1) is 5.10 Å². The van der Waals surface area contributed by atoms with E-state index in [9.17, 15) is 20.4 Å². The second kappa shape index (κ2) is 11.3. The molecule has 14 heteroatoms. The number of aliphatic hydroxyl groups is 3. The molecule has 2 unspecified atom stereocenters. The highest BCUT2D eigenvalue weighted by Crippen LogP contribution is 2.37. The molecular weight excluding hydrogens is 523 g/mol. The lowest BCUT2D eigenvalue weighted by Crippen LogP contribution is -2.39. The summed E-state index contributed by atoms with van der Waals surface area (Å²) >= 11 is 20.4. The minimum Gasteiger partial charge on any atom is -0.486 e. The molecule has 32 heavy (non-hydrogen) atoms. The van der Waals surface area contributed by atoms with Crippen LogP contribution < -0.4 is 0 Å². The van der Waals surface area contributed by atoms with E-state index in [1.54, 1.807) is 23.7 Å². The number of hydrogen-bond acceptors (Lipinski definition) is 10. The topological polar surface area (TPSA) is 134 Å². The summed E-state index contributed by atoms with van der Waals surface area (Å²) in [5, 5.41) is 49.9. The molecule has 4 N–H and O–H groups in total. The fourth-order valence-corrected chi connectivity index (χ4v) is 4.93. The Labute approximate surface area is 206 Å². The molecule has 0 amide bonds. The van der Waals surface area contributed by atoms with Gasteiger partial charge in [0.25, 0.3) is 5.19 Å². The molecule has 0 aliphatic rings. The van der Waals surface area contributed by atoms with Crippen LogP contribution >= 0.6 is 57.9 Å². The lowest BCUT2D eigenvalue weighted by atomic mass is 10.2. The van der Waals surface area contributed by atoms with Crippen molar-refractivity contribution >= 4 is 57.9 Å². The molecule has 0 spiro atoms. The van der Waals surface area contributed by atoms with Crippen LogP contribution in [0.1, 0.15) is 6.92 Å². The van der Waals surface area contributed by atoms with E-state index >= 15 is 0 Å². The van der Waals surface area contributed by atoms with E-state index < -0.39 is 30.4 Å². The van der Waals surface area contributed by atoms with Gasteiger partial charge in [0.15, 0.2) is 0 Å². The van der Waals surface area contributed by atoms with E-state index in [0.717, 1.165) is 23.1 Å². The number of aliphatic hydroxyl groups excluding tert-OH is 3. The van der Waals surface area contributed by atoms with E-state index in [2.05, 4.69) is 15.3 Å². The van der Waals surface area contributed by atoms with Crippen LogP contribution in [0.3, 0.4) is 0 Å². The van der Waals surface area contributed by atoms with Crippen molar-refractivity contribution < 1.29 is 25.2 Å². The van der Waals surface area contributed by atoms with Crippen molar-refractivity contribution in [2.75, 3.05) is 6.61 Å². The summed E-state index contributed by atoms with van der Waals surface area (Å²) in [5.41, 5.74) is -0.0614. The number of aromatic hydroxyl groups is 1. The molecule has 0 aliphatic heterocycles. The van der Waals surface area contributed by atoms with Crippen molar-refractivity contribution in [3.05, 3.63) is 38.8 Å². The molecule has 9 nitrogen and oxygen atoms in total. The van der Waals surface area contributed by atoms with Gasteiger partial charge in [-0.3, -0.25) is 0 Å². The molecule has 4 atom stereocenters. The van der Waals surface area contributed by atoms with Gasteiger partial charge in [-0.25, -0.2) is 9.67 Å². The fourth-order valence-electron chi connectivity index (χ4n) is 2.58. The molecule has 2 aromatic heterocycles. The van der Waals surface area contributed by atoms with E-state index in [1.165, 1.54) is 11.6 Å². The summed E-state index contributed by atoms with van der Waals surface area (Å²) in [6.07, 6.45) is -1.50. The number of aromatic nitrogens is 4. The largest absolute Gasteiger partial charge is 0.486 e. The monoisotopic (exact) mass is 540 g/mol. The highest BCUT2D eigenvalue weighted by Gasteiger charge is 2.28. The Morgan fingerprint density at radius 3 is 2.44 bits per heavy atom. The first-order chi connectivity index (χ1) is 15.2. The third-order valence-electron chi connectivity index (χ3n) is 4.22. The maximum atomic E-state index is 10.9. The predicted molar refractivity (Wildman–Crippen MR) is 124 cm³/mol. The first-order valence-corrected chi connectivity index (χ1v) is 12.1. The van der Waals surface area contributed by atoms with Crippen molar-refractivity contribution in [1.29, 1.82) is 0 Å². The number of nitrogens with zero attached hydrogens (tertiary/aromatic N) is 4. The number of thiazole rings is 1. The Balaban J connectivity index is 1.79. The van der Waals surface area contributed by atoms with Crippen LogP contribution in [-0.4, -0.2) is 70.8 Å². The fraction of sp³-hybridized carbons (Fsp3) is 0.389. The van der Waals surface area contributed by atoms with Crippen LogP contribution in [0.4, 0.5) is 0 Å². The average molecular weight is 542 g/mol. The number of halogens is 3. The predicted octanol–water partition coefficient (Wildman–Crippen LogP) is 3.31. The molecule has 3 rings (SSSR count). The molecule has 0 aliphatic carbocycles. The summed E-state index contributed by atoms with van der Waals surface area (Å²) in [5.74, 6) is 0. The minimum absolute atomic E-state index is 0.0200. The van der Waals surface area contributed by atoms with Gasteiger partial charge in [-0.1, -0.05) is 63.1 Å². The van der Waals surface area contributed by atoms with Crippen molar-refractivity contribution in [2.24, 2.45) is 0 Å². The SMILES string of the molecule is C[C@@H](O)C(CO)OC(Sc1cc(Cl)c(Cl)c(Cl)c1)[C@@H](O)Cn1cc(-c2csc(O)n2)nn1. The Morgan fingerprint density at radius 2 is 1.88 bits per heavy atom. The van der Waals surface area contributed by atoms with Crippen LogP contribution in [0.2, 0.25) is 15.1 Å². The van der Waals surface area contributed by atoms with Crippen LogP contribution in [0.5, 0.6) is 5.19 Å². The number of benzene rings is 1. The normalized spacial score (nSPS) is 15.5. The quantitative estimate of drug-likeness (QED) is 0.173. The maximum Gasteiger partial charge on any atom is 0.271 e. The highest BCUT2D eigenvalue weighted by molar-refractivity contribution is 7.99. The molecule has 0 fully saturated rings. The molecule has 0 saturated heterocycles. The van der Waals surface area contributed by atoms with Crippen LogP contribution in [-0.2, 0) is 11.3 Å². The molecule has 0 saturated carbocycles. The number of thioether (sulfide) groups is 1. The molecule has 0 bridgehead atoms. The van der Waals surface area contributed by atoms with Gasteiger partial charge in [-0.05, 0) is 19.1 Å². The molecule has 2 heterocycles. The van der Waals surface area contributed by atoms with Gasteiger partial charge in [0, 0.05) is 10.3 Å². The number of rotatable bonds is 10. The first-order valence-electron chi connectivity index (χ1n) is 9.16. The van der Waals surface area contributed by atoms with Crippen molar-refractivity contribution in [2.45, 2.75) is 42.1 Å². The number of hydrogen-bond donors (Lipinski definition) is 4. The minimum atomic E-state index is -1.14.